The van der Waals surface area contributed by atoms with Gasteiger partial charge in [-0.25, -0.2) is 4.79 Å². The van der Waals surface area contributed by atoms with E-state index in [0.29, 0.717) is 12.4 Å². The number of piperazine rings is 1. The first kappa shape index (κ1) is 25.6. The van der Waals surface area contributed by atoms with E-state index in [9.17, 15) is 9.90 Å². The van der Waals surface area contributed by atoms with Crippen LogP contribution in [0, 0.1) is 0 Å². The Morgan fingerprint density at radius 2 is 1.71 bits per heavy atom. The molecule has 5 rings (SSSR count). The number of aromatic hydroxyl groups is 1. The largest absolute Gasteiger partial charge is 0.508 e. The van der Waals surface area contributed by atoms with Crippen molar-refractivity contribution in [3.8, 4) is 17.1 Å². The van der Waals surface area contributed by atoms with Gasteiger partial charge in [-0.2, -0.15) is 4.80 Å². The van der Waals surface area contributed by atoms with Crippen molar-refractivity contribution in [3.63, 3.8) is 0 Å². The molecule has 1 aromatic heterocycles. The topological polar surface area (TPSA) is 96.6 Å². The first-order chi connectivity index (χ1) is 18.6. The van der Waals surface area contributed by atoms with E-state index in [1.54, 1.807) is 13.0 Å². The van der Waals surface area contributed by atoms with Crippen LogP contribution in [-0.4, -0.2) is 73.9 Å². The van der Waals surface area contributed by atoms with Gasteiger partial charge in [0.05, 0.1) is 12.6 Å². The SMILES string of the molecule is CCOC(=O)Cn1nnc(-c2ccc(C(c3cccc(O)c3)N3CCN(Cc4ccccc4)CC3)cc2)n1. The first-order valence-corrected chi connectivity index (χ1v) is 12.9. The van der Waals surface area contributed by atoms with Crippen LogP contribution < -0.4 is 0 Å². The van der Waals surface area contributed by atoms with Crippen LogP contribution in [0.25, 0.3) is 11.4 Å². The number of carbonyl (C=O) groups is 1. The van der Waals surface area contributed by atoms with Crippen LogP contribution >= 0.6 is 0 Å². The highest BCUT2D eigenvalue weighted by Gasteiger charge is 2.27. The molecule has 1 N–H and O–H groups in total. The molecule has 3 aromatic carbocycles. The molecule has 1 unspecified atom stereocenters. The second kappa shape index (κ2) is 12.0. The predicted molar refractivity (Wildman–Crippen MR) is 143 cm³/mol. The minimum absolute atomic E-state index is 0.00230. The Labute approximate surface area is 222 Å². The lowest BCUT2D eigenvalue weighted by molar-refractivity contribution is -0.144. The normalized spacial score (nSPS) is 15.3. The summed E-state index contributed by atoms with van der Waals surface area (Å²) in [6.45, 7) is 6.71. The molecule has 196 valence electrons. The Hall–Kier alpha value is -4.08. The number of carbonyl (C=O) groups excluding carboxylic acids is 1. The first-order valence-electron chi connectivity index (χ1n) is 12.9. The van der Waals surface area contributed by atoms with Crippen LogP contribution in [-0.2, 0) is 22.6 Å². The van der Waals surface area contributed by atoms with Gasteiger partial charge < -0.3 is 9.84 Å². The molecule has 0 saturated carbocycles. The maximum Gasteiger partial charge on any atom is 0.329 e. The van der Waals surface area contributed by atoms with Crippen molar-refractivity contribution in [3.05, 3.63) is 95.6 Å². The lowest BCUT2D eigenvalue weighted by atomic mass is 9.95. The van der Waals surface area contributed by atoms with Crippen LogP contribution in [0.3, 0.4) is 0 Å². The molecule has 4 aromatic rings. The fourth-order valence-corrected chi connectivity index (χ4v) is 4.89. The second-order valence-electron chi connectivity index (χ2n) is 9.37. The summed E-state index contributed by atoms with van der Waals surface area (Å²) >= 11 is 0. The van der Waals surface area contributed by atoms with E-state index in [1.807, 2.05) is 30.3 Å². The number of esters is 1. The van der Waals surface area contributed by atoms with Gasteiger partial charge in [0.2, 0.25) is 5.82 Å². The number of hydrogen-bond donors (Lipinski definition) is 1. The predicted octanol–water partition coefficient (Wildman–Crippen LogP) is 3.52. The number of benzene rings is 3. The molecule has 0 radical (unpaired) electrons. The minimum Gasteiger partial charge on any atom is -0.508 e. The number of tetrazole rings is 1. The van der Waals surface area contributed by atoms with Gasteiger partial charge in [0.1, 0.15) is 5.75 Å². The number of hydrogen-bond acceptors (Lipinski definition) is 8. The number of rotatable bonds is 9. The average Bonchev–Trinajstić information content (AvgIpc) is 3.39. The summed E-state index contributed by atoms with van der Waals surface area (Å²) in [5.41, 5.74) is 4.31. The molecule has 0 aliphatic carbocycles. The maximum atomic E-state index is 11.7. The van der Waals surface area contributed by atoms with Crippen LogP contribution in [0.2, 0.25) is 0 Å². The standard InChI is InChI=1S/C29H32N6O3/c1-2-38-27(37)21-35-31-29(30-32-35)24-13-11-23(12-14-24)28(25-9-6-10-26(36)19-25)34-17-15-33(16-18-34)20-22-7-4-3-5-8-22/h3-14,19,28,36H,2,15-18,20-21H2,1H3. The zero-order valence-corrected chi connectivity index (χ0v) is 21.5. The Kier molecular flexibility index (Phi) is 8.06. The number of ether oxygens (including phenoxy) is 1. The van der Waals surface area contributed by atoms with Crippen molar-refractivity contribution in [1.82, 2.24) is 30.0 Å². The summed E-state index contributed by atoms with van der Waals surface area (Å²) in [5.74, 6) is 0.308. The molecule has 1 aliphatic heterocycles. The van der Waals surface area contributed by atoms with Gasteiger partial charge in [0, 0.05) is 38.3 Å². The van der Waals surface area contributed by atoms with E-state index in [-0.39, 0.29) is 18.3 Å². The van der Waals surface area contributed by atoms with Gasteiger partial charge in [-0.05, 0) is 41.0 Å². The fourth-order valence-electron chi connectivity index (χ4n) is 4.89. The number of aromatic nitrogens is 4. The van der Waals surface area contributed by atoms with Gasteiger partial charge >= 0.3 is 5.97 Å². The van der Waals surface area contributed by atoms with Crippen molar-refractivity contribution in [1.29, 1.82) is 0 Å². The van der Waals surface area contributed by atoms with E-state index >= 15 is 0 Å². The molecule has 9 heteroatoms. The van der Waals surface area contributed by atoms with Crippen molar-refractivity contribution in [2.24, 2.45) is 0 Å². The summed E-state index contributed by atoms with van der Waals surface area (Å²) in [6.07, 6.45) is 0. The van der Waals surface area contributed by atoms with Gasteiger partial charge in [0.25, 0.3) is 0 Å². The summed E-state index contributed by atoms with van der Waals surface area (Å²) in [7, 11) is 0. The summed E-state index contributed by atoms with van der Waals surface area (Å²) in [4.78, 5) is 17.9. The Morgan fingerprint density at radius 1 is 0.947 bits per heavy atom. The van der Waals surface area contributed by atoms with Gasteiger partial charge in [0.15, 0.2) is 6.54 Å². The molecular formula is C29H32N6O3. The smallest absolute Gasteiger partial charge is 0.329 e. The van der Waals surface area contributed by atoms with E-state index in [0.717, 1.165) is 49.4 Å². The summed E-state index contributed by atoms with van der Waals surface area (Å²) in [6, 6.07) is 26.2. The minimum atomic E-state index is -0.399. The highest BCUT2D eigenvalue weighted by Crippen LogP contribution is 2.32. The lowest BCUT2D eigenvalue weighted by Crippen LogP contribution is -2.47. The van der Waals surface area contributed by atoms with Crippen LogP contribution in [0.4, 0.5) is 0 Å². The summed E-state index contributed by atoms with van der Waals surface area (Å²) in [5, 5.41) is 22.6. The van der Waals surface area contributed by atoms with E-state index in [2.05, 4.69) is 67.7 Å². The summed E-state index contributed by atoms with van der Waals surface area (Å²) < 4.78 is 4.95. The third-order valence-corrected chi connectivity index (χ3v) is 6.72. The third kappa shape index (κ3) is 6.24. The quantitative estimate of drug-likeness (QED) is 0.341. The molecular weight excluding hydrogens is 480 g/mol. The maximum absolute atomic E-state index is 11.7. The lowest BCUT2D eigenvalue weighted by Gasteiger charge is -2.40. The Bertz CT molecular complexity index is 1330. The van der Waals surface area contributed by atoms with Crippen LogP contribution in [0.15, 0.2) is 78.9 Å². The Morgan fingerprint density at radius 3 is 2.42 bits per heavy atom. The molecule has 1 aliphatic rings. The number of phenolic OH excluding ortho intramolecular Hbond substituents is 1. The molecule has 1 atom stereocenters. The van der Waals surface area contributed by atoms with Crippen molar-refractivity contribution in [2.45, 2.75) is 26.1 Å². The molecule has 0 bridgehead atoms. The molecule has 1 fully saturated rings. The fraction of sp³-hybridized carbons (Fsp3) is 0.310. The number of nitrogens with zero attached hydrogens (tertiary/aromatic N) is 6. The van der Waals surface area contributed by atoms with Gasteiger partial charge in [-0.15, -0.1) is 10.2 Å². The molecule has 9 nitrogen and oxygen atoms in total. The highest BCUT2D eigenvalue weighted by atomic mass is 16.5. The number of phenols is 1. The monoisotopic (exact) mass is 512 g/mol. The molecule has 0 amide bonds. The van der Waals surface area contributed by atoms with Crippen LogP contribution in [0.1, 0.15) is 29.7 Å². The molecule has 1 saturated heterocycles. The zero-order valence-electron chi connectivity index (χ0n) is 21.5. The average molecular weight is 513 g/mol. The van der Waals surface area contributed by atoms with Gasteiger partial charge in [-0.1, -0.05) is 66.7 Å². The molecule has 2 heterocycles. The van der Waals surface area contributed by atoms with E-state index in [4.69, 9.17) is 4.74 Å². The highest BCUT2D eigenvalue weighted by molar-refractivity contribution is 5.68. The van der Waals surface area contributed by atoms with E-state index in [1.165, 1.54) is 10.4 Å². The van der Waals surface area contributed by atoms with Crippen molar-refractivity contribution < 1.29 is 14.6 Å². The third-order valence-electron chi connectivity index (χ3n) is 6.72. The zero-order chi connectivity index (χ0) is 26.3. The van der Waals surface area contributed by atoms with Crippen molar-refractivity contribution in [2.75, 3.05) is 32.8 Å². The Balaban J connectivity index is 1.32. The van der Waals surface area contributed by atoms with Crippen molar-refractivity contribution >= 4 is 5.97 Å². The molecule has 0 spiro atoms. The van der Waals surface area contributed by atoms with Gasteiger partial charge in [-0.3, -0.25) is 9.80 Å². The molecule has 38 heavy (non-hydrogen) atoms. The van der Waals surface area contributed by atoms with E-state index < -0.39 is 5.97 Å². The second-order valence-corrected chi connectivity index (χ2v) is 9.37. The van der Waals surface area contributed by atoms with Crippen LogP contribution in [0.5, 0.6) is 5.75 Å².